The average Bonchev–Trinajstić information content (AvgIpc) is 2.72. The van der Waals surface area contributed by atoms with Gasteiger partial charge in [-0.25, -0.2) is 0 Å². The molecule has 0 aliphatic heterocycles. The zero-order chi connectivity index (χ0) is 19.5. The Labute approximate surface area is 166 Å². The summed E-state index contributed by atoms with van der Waals surface area (Å²) in [7, 11) is 0. The van der Waals surface area contributed by atoms with Crippen LogP contribution in [0.2, 0.25) is 0 Å². The van der Waals surface area contributed by atoms with Crippen LogP contribution in [0.4, 0.5) is 0 Å². The zero-order valence-electron chi connectivity index (χ0n) is 16.1. The first-order chi connectivity index (χ1) is 13.1. The van der Waals surface area contributed by atoms with Gasteiger partial charge in [0.15, 0.2) is 5.78 Å². The Hall–Kier alpha value is -2.11. The van der Waals surface area contributed by atoms with E-state index < -0.39 is 0 Å². The molecule has 2 aromatic carbocycles. The summed E-state index contributed by atoms with van der Waals surface area (Å²) in [6.45, 7) is 8.02. The van der Waals surface area contributed by atoms with E-state index in [1.807, 2.05) is 54.6 Å². The summed E-state index contributed by atoms with van der Waals surface area (Å²) in [6, 6.07) is 16.7. The van der Waals surface area contributed by atoms with Crippen molar-refractivity contribution in [3.05, 3.63) is 65.7 Å². The number of carbonyl (C=O) groups is 2. The molecule has 0 aliphatic carbocycles. The van der Waals surface area contributed by atoms with Crippen LogP contribution in [0.1, 0.15) is 41.0 Å². The lowest BCUT2D eigenvalue weighted by Gasteiger charge is -2.17. The smallest absolute Gasteiger partial charge is 0.251 e. The number of Topliss-reactive ketones (excluding diaryl/α,β-unsaturated/α-hetero) is 1. The molecule has 0 aliphatic rings. The molecule has 0 spiro atoms. The molecule has 4 nitrogen and oxygen atoms in total. The van der Waals surface area contributed by atoms with Crippen molar-refractivity contribution in [3.8, 4) is 0 Å². The molecule has 0 heterocycles. The van der Waals surface area contributed by atoms with E-state index in [-0.39, 0.29) is 11.7 Å². The highest BCUT2D eigenvalue weighted by Gasteiger charge is 2.09. The molecular formula is C22H28N2O2S. The van der Waals surface area contributed by atoms with Crippen LogP contribution in [-0.2, 0) is 0 Å². The van der Waals surface area contributed by atoms with Crippen molar-refractivity contribution in [1.82, 2.24) is 10.2 Å². The number of benzene rings is 2. The minimum atomic E-state index is -0.0635. The van der Waals surface area contributed by atoms with E-state index in [0.29, 0.717) is 23.4 Å². The van der Waals surface area contributed by atoms with Crippen molar-refractivity contribution in [2.24, 2.45) is 0 Å². The normalized spacial score (nSPS) is 10.8. The van der Waals surface area contributed by atoms with Gasteiger partial charge >= 0.3 is 0 Å². The van der Waals surface area contributed by atoms with Gasteiger partial charge in [0.1, 0.15) is 0 Å². The van der Waals surface area contributed by atoms with E-state index in [1.54, 1.807) is 0 Å². The number of amides is 1. The fourth-order valence-electron chi connectivity index (χ4n) is 2.73. The van der Waals surface area contributed by atoms with Crippen LogP contribution < -0.4 is 5.32 Å². The summed E-state index contributed by atoms with van der Waals surface area (Å²) in [5, 5.41) is 2.98. The molecule has 5 heteroatoms. The Balaban J connectivity index is 1.81. The van der Waals surface area contributed by atoms with Crippen LogP contribution in [0.15, 0.2) is 59.5 Å². The first-order valence-corrected chi connectivity index (χ1v) is 10.4. The van der Waals surface area contributed by atoms with Crippen molar-refractivity contribution < 1.29 is 9.59 Å². The highest BCUT2D eigenvalue weighted by Crippen LogP contribution is 2.20. The van der Waals surface area contributed by atoms with Gasteiger partial charge in [0.05, 0.1) is 5.75 Å². The number of nitrogens with zero attached hydrogens (tertiary/aromatic N) is 1. The van der Waals surface area contributed by atoms with Gasteiger partial charge in [0.25, 0.3) is 5.91 Å². The van der Waals surface area contributed by atoms with E-state index in [2.05, 4.69) is 24.1 Å². The molecule has 0 saturated heterocycles. The summed E-state index contributed by atoms with van der Waals surface area (Å²) < 4.78 is 0. The van der Waals surface area contributed by atoms with Crippen molar-refractivity contribution in [2.45, 2.75) is 25.2 Å². The molecule has 1 N–H and O–H groups in total. The number of thioether (sulfide) groups is 1. The Morgan fingerprint density at radius 3 is 2.37 bits per heavy atom. The molecule has 0 aromatic heterocycles. The maximum absolute atomic E-state index is 12.3. The van der Waals surface area contributed by atoms with Gasteiger partial charge in [-0.05, 0) is 44.3 Å². The third kappa shape index (κ3) is 7.19. The van der Waals surface area contributed by atoms with Gasteiger partial charge in [-0.3, -0.25) is 9.59 Å². The van der Waals surface area contributed by atoms with E-state index in [4.69, 9.17) is 0 Å². The minimum Gasteiger partial charge on any atom is -0.352 e. The monoisotopic (exact) mass is 384 g/mol. The molecular weight excluding hydrogens is 356 g/mol. The summed E-state index contributed by atoms with van der Waals surface area (Å²) in [4.78, 5) is 27.8. The Morgan fingerprint density at radius 2 is 1.67 bits per heavy atom. The summed E-state index contributed by atoms with van der Waals surface area (Å²) in [6.07, 6.45) is 0.938. The molecule has 2 rings (SSSR count). The summed E-state index contributed by atoms with van der Waals surface area (Å²) in [5.41, 5.74) is 1.35. The first-order valence-electron chi connectivity index (χ1n) is 9.45. The van der Waals surface area contributed by atoms with Crippen molar-refractivity contribution in [3.63, 3.8) is 0 Å². The molecule has 0 atom stereocenters. The topological polar surface area (TPSA) is 49.4 Å². The Bertz CT molecular complexity index is 730. The van der Waals surface area contributed by atoms with Gasteiger partial charge in [0.2, 0.25) is 0 Å². The van der Waals surface area contributed by atoms with Crippen molar-refractivity contribution in [2.75, 3.05) is 31.9 Å². The Kier molecular flexibility index (Phi) is 9.08. The largest absolute Gasteiger partial charge is 0.352 e. The minimum absolute atomic E-state index is 0.0635. The second kappa shape index (κ2) is 11.6. The number of ketones is 1. The number of carbonyl (C=O) groups excluding carboxylic acids is 2. The molecule has 0 unspecified atom stereocenters. The molecule has 2 aromatic rings. The molecule has 0 fully saturated rings. The second-order valence-electron chi connectivity index (χ2n) is 6.24. The quantitative estimate of drug-likeness (QED) is 0.360. The van der Waals surface area contributed by atoms with Crippen LogP contribution in [0.5, 0.6) is 0 Å². The van der Waals surface area contributed by atoms with E-state index >= 15 is 0 Å². The summed E-state index contributed by atoms with van der Waals surface area (Å²) >= 11 is 1.46. The van der Waals surface area contributed by atoms with Crippen LogP contribution in [0, 0.1) is 0 Å². The number of hydrogen-bond donors (Lipinski definition) is 1. The lowest BCUT2D eigenvalue weighted by atomic mass is 10.2. The van der Waals surface area contributed by atoms with Gasteiger partial charge in [-0.15, -0.1) is 11.8 Å². The zero-order valence-corrected chi connectivity index (χ0v) is 16.9. The van der Waals surface area contributed by atoms with Crippen LogP contribution in [0.25, 0.3) is 0 Å². The lowest BCUT2D eigenvalue weighted by molar-refractivity contribution is 0.0950. The fraction of sp³-hybridized carbons (Fsp3) is 0.364. The molecule has 0 saturated carbocycles. The van der Waals surface area contributed by atoms with Crippen molar-refractivity contribution >= 4 is 23.5 Å². The van der Waals surface area contributed by atoms with Crippen molar-refractivity contribution in [1.29, 1.82) is 0 Å². The second-order valence-corrected chi connectivity index (χ2v) is 7.29. The maximum Gasteiger partial charge on any atom is 0.251 e. The molecule has 0 bridgehead atoms. The van der Waals surface area contributed by atoms with Gasteiger partial charge < -0.3 is 10.2 Å². The van der Waals surface area contributed by atoms with Gasteiger partial charge in [-0.1, -0.05) is 50.2 Å². The SMILES string of the molecule is CCN(CC)CCCNC(=O)c1cccc(SCC(=O)c2ccccc2)c1. The van der Waals surface area contributed by atoms with Crippen LogP contribution in [0.3, 0.4) is 0 Å². The number of rotatable bonds is 11. The highest BCUT2D eigenvalue weighted by molar-refractivity contribution is 8.00. The van der Waals surface area contributed by atoms with E-state index in [1.165, 1.54) is 11.8 Å². The van der Waals surface area contributed by atoms with E-state index in [0.717, 1.165) is 31.0 Å². The molecule has 1 amide bonds. The standard InChI is InChI=1S/C22H28N2O2S/c1-3-24(4-2)15-9-14-23-22(26)19-12-8-13-20(16-19)27-17-21(25)18-10-6-5-7-11-18/h5-8,10-13,16H,3-4,9,14-15,17H2,1-2H3,(H,23,26). The third-order valence-electron chi connectivity index (χ3n) is 4.39. The van der Waals surface area contributed by atoms with Crippen LogP contribution in [-0.4, -0.2) is 48.5 Å². The van der Waals surface area contributed by atoms with E-state index in [9.17, 15) is 9.59 Å². The average molecular weight is 385 g/mol. The predicted molar refractivity (Wildman–Crippen MR) is 113 cm³/mol. The predicted octanol–water partition coefficient (Wildman–Crippen LogP) is 4.12. The third-order valence-corrected chi connectivity index (χ3v) is 5.39. The number of hydrogen-bond acceptors (Lipinski definition) is 4. The van der Waals surface area contributed by atoms with Gasteiger partial charge in [0, 0.05) is 22.6 Å². The number of nitrogens with one attached hydrogen (secondary N) is 1. The maximum atomic E-state index is 12.3. The Morgan fingerprint density at radius 1 is 0.963 bits per heavy atom. The summed E-state index contributed by atoms with van der Waals surface area (Å²) in [5.74, 6) is 0.386. The highest BCUT2D eigenvalue weighted by atomic mass is 32.2. The molecule has 144 valence electrons. The first kappa shape index (κ1) is 21.2. The lowest BCUT2D eigenvalue weighted by Crippen LogP contribution is -2.29. The molecule has 27 heavy (non-hydrogen) atoms. The van der Waals surface area contributed by atoms with Gasteiger partial charge in [-0.2, -0.15) is 0 Å². The van der Waals surface area contributed by atoms with Crippen LogP contribution >= 0.6 is 11.8 Å². The molecule has 0 radical (unpaired) electrons. The fourth-order valence-corrected chi connectivity index (χ4v) is 3.58.